The minimum Gasteiger partial charge on any atom is -0.489 e. The van der Waals surface area contributed by atoms with E-state index < -0.39 is 16.8 Å². The van der Waals surface area contributed by atoms with E-state index in [0.717, 1.165) is 11.1 Å². The molecule has 2 aromatic carbocycles. The Bertz CT molecular complexity index is 1630. The van der Waals surface area contributed by atoms with Crippen molar-refractivity contribution < 1.29 is 23.9 Å². The summed E-state index contributed by atoms with van der Waals surface area (Å²) >= 11 is 6.26. The molecule has 0 saturated carbocycles. The molecule has 2 heterocycles. The van der Waals surface area contributed by atoms with Crippen LogP contribution in [0.4, 0.5) is 0 Å². The van der Waals surface area contributed by atoms with Crippen LogP contribution in [0.1, 0.15) is 77.7 Å². The molecular weight excluding hydrogens is 538 g/mol. The lowest BCUT2D eigenvalue weighted by atomic mass is 9.79. The van der Waals surface area contributed by atoms with E-state index in [2.05, 4.69) is 0 Å². The number of hydrogen-bond acceptors (Lipinski definition) is 5. The summed E-state index contributed by atoms with van der Waals surface area (Å²) < 4.78 is 12.9. The summed E-state index contributed by atoms with van der Waals surface area (Å²) in [4.78, 5) is 41.1. The number of pyridine rings is 1. The molecule has 0 unspecified atom stereocenters. The van der Waals surface area contributed by atoms with Crippen LogP contribution in [0.5, 0.6) is 5.75 Å². The van der Waals surface area contributed by atoms with Crippen LogP contribution < -0.4 is 4.74 Å². The van der Waals surface area contributed by atoms with Crippen molar-refractivity contribution in [3.05, 3.63) is 105 Å². The van der Waals surface area contributed by atoms with Gasteiger partial charge in [-0.05, 0) is 68.1 Å². The number of carbonyl (C=O) groups excluding carboxylic acids is 3. The van der Waals surface area contributed by atoms with Gasteiger partial charge in [0.2, 0.25) is 5.78 Å². The van der Waals surface area contributed by atoms with Crippen molar-refractivity contribution in [2.24, 2.45) is 10.8 Å². The van der Waals surface area contributed by atoms with Gasteiger partial charge in [0, 0.05) is 33.8 Å². The van der Waals surface area contributed by atoms with E-state index in [9.17, 15) is 14.4 Å². The fraction of sp³-hybridized carbons (Fsp3) is 0.324. The van der Waals surface area contributed by atoms with Gasteiger partial charge in [-0.2, -0.15) is 0 Å². The van der Waals surface area contributed by atoms with E-state index in [4.69, 9.17) is 21.1 Å². The molecule has 0 bridgehead atoms. The van der Waals surface area contributed by atoms with Crippen molar-refractivity contribution in [2.45, 2.75) is 54.6 Å². The van der Waals surface area contributed by atoms with Crippen LogP contribution in [-0.2, 0) is 22.6 Å². The van der Waals surface area contributed by atoms with Gasteiger partial charge < -0.3 is 13.9 Å². The Labute approximate surface area is 246 Å². The molecule has 2 aromatic heterocycles. The van der Waals surface area contributed by atoms with Crippen LogP contribution in [0.3, 0.4) is 0 Å². The summed E-state index contributed by atoms with van der Waals surface area (Å²) in [6, 6.07) is 18.5. The molecule has 0 saturated heterocycles. The van der Waals surface area contributed by atoms with Crippen LogP contribution >= 0.6 is 11.6 Å². The number of nitrogens with zero attached hydrogens (tertiary/aromatic N) is 1. The third kappa shape index (κ3) is 6.23. The Morgan fingerprint density at radius 1 is 0.927 bits per heavy atom. The predicted octanol–water partition coefficient (Wildman–Crippen LogP) is 7.68. The first-order valence-electron chi connectivity index (χ1n) is 13.5. The summed E-state index contributed by atoms with van der Waals surface area (Å²) in [6.07, 6.45) is 1.87. The molecule has 0 amide bonds. The molecule has 214 valence electrons. The number of benzene rings is 2. The van der Waals surface area contributed by atoms with E-state index in [1.54, 1.807) is 54.8 Å². The zero-order valence-corrected chi connectivity index (χ0v) is 25.4. The Kier molecular flexibility index (Phi) is 8.46. The van der Waals surface area contributed by atoms with Gasteiger partial charge in [-0.1, -0.05) is 62.7 Å². The maximum Gasteiger partial charge on any atom is 0.311 e. The van der Waals surface area contributed by atoms with Gasteiger partial charge in [0.1, 0.15) is 12.4 Å². The number of fused-ring (bicyclic) bond motifs is 1. The molecule has 0 N–H and O–H groups in total. The smallest absolute Gasteiger partial charge is 0.311 e. The number of esters is 1. The summed E-state index contributed by atoms with van der Waals surface area (Å²) in [5, 5.41) is 0.553. The minimum atomic E-state index is -1.01. The molecule has 0 aliphatic heterocycles. The molecule has 0 fully saturated rings. The number of ether oxygens (including phenoxy) is 2. The molecule has 41 heavy (non-hydrogen) atoms. The molecule has 6 nitrogen and oxygen atoms in total. The van der Waals surface area contributed by atoms with Crippen LogP contribution in [0.2, 0.25) is 5.02 Å². The molecule has 0 aliphatic rings. The second-order valence-electron chi connectivity index (χ2n) is 12.0. The number of halogens is 1. The summed E-state index contributed by atoms with van der Waals surface area (Å²) in [6.45, 7) is 11.2. The van der Waals surface area contributed by atoms with Crippen molar-refractivity contribution in [1.29, 1.82) is 0 Å². The normalized spacial score (nSPS) is 11.9. The highest BCUT2D eigenvalue weighted by molar-refractivity contribution is 6.31. The number of aryl methyl sites for hydroxylation is 1. The maximum absolute atomic E-state index is 14.2. The first kappa shape index (κ1) is 30.1. The van der Waals surface area contributed by atoms with E-state index in [1.807, 2.05) is 58.0 Å². The SMILES string of the molecule is COC(=O)C(C)(C)Cc1c(C(=O)C(C)(C)C)c2cc(OCc3ccccc3)ccn2c1C(=O)c1ccc(Cl)c(C)c1. The standard InChI is InChI=1S/C34H36ClNO5/c1-21-17-23(13-14-26(21)35)30(37)29-25(19-34(5,6)32(39)40-7)28(31(38)33(2,3)4)27-18-24(15-16-36(27)29)41-20-22-11-9-8-10-12-22/h8-18H,19-20H2,1-7H3. The van der Waals surface area contributed by atoms with Gasteiger partial charge in [-0.25, -0.2) is 0 Å². The second-order valence-corrected chi connectivity index (χ2v) is 12.4. The van der Waals surface area contributed by atoms with Crippen molar-refractivity contribution in [1.82, 2.24) is 4.40 Å². The number of rotatable bonds is 9. The summed E-state index contributed by atoms with van der Waals surface area (Å²) in [5.74, 6) is -0.296. The molecule has 4 rings (SSSR count). The molecule has 0 radical (unpaired) electrons. The highest BCUT2D eigenvalue weighted by Crippen LogP contribution is 2.37. The highest BCUT2D eigenvalue weighted by Gasteiger charge is 2.38. The number of Topliss-reactive ketones (excluding diaryl/α,β-unsaturated/α-hetero) is 1. The van der Waals surface area contributed by atoms with E-state index in [-0.39, 0.29) is 18.0 Å². The van der Waals surface area contributed by atoms with Gasteiger partial charge in [0.25, 0.3) is 0 Å². The van der Waals surface area contributed by atoms with Gasteiger partial charge in [0.05, 0.1) is 23.7 Å². The molecule has 0 aliphatic carbocycles. The quantitative estimate of drug-likeness (QED) is 0.152. The fourth-order valence-electron chi connectivity index (χ4n) is 4.88. The van der Waals surface area contributed by atoms with Crippen molar-refractivity contribution in [3.63, 3.8) is 0 Å². The van der Waals surface area contributed by atoms with Crippen LogP contribution in [-0.4, -0.2) is 29.0 Å². The Hall–Kier alpha value is -3.90. The number of aromatic nitrogens is 1. The molecular formula is C34H36ClNO5. The lowest BCUT2D eigenvalue weighted by Crippen LogP contribution is -2.30. The Morgan fingerprint density at radius 2 is 1.61 bits per heavy atom. The van der Waals surface area contributed by atoms with Crippen molar-refractivity contribution in [2.75, 3.05) is 7.11 Å². The van der Waals surface area contributed by atoms with Crippen LogP contribution in [0.25, 0.3) is 5.52 Å². The number of methoxy groups -OCH3 is 1. The van der Waals surface area contributed by atoms with Gasteiger partial charge in [-0.3, -0.25) is 14.4 Å². The Balaban J connectivity index is 1.98. The van der Waals surface area contributed by atoms with E-state index in [0.29, 0.717) is 45.3 Å². The number of ketones is 2. The number of carbonyl (C=O) groups is 3. The predicted molar refractivity (Wildman–Crippen MR) is 161 cm³/mol. The maximum atomic E-state index is 14.2. The summed E-state index contributed by atoms with van der Waals surface area (Å²) in [5.41, 5.74) is 2.19. The monoisotopic (exact) mass is 573 g/mol. The van der Waals surface area contributed by atoms with Crippen molar-refractivity contribution >= 4 is 34.7 Å². The zero-order valence-electron chi connectivity index (χ0n) is 24.6. The first-order chi connectivity index (χ1) is 19.2. The second kappa shape index (κ2) is 11.5. The lowest BCUT2D eigenvalue weighted by molar-refractivity contribution is -0.150. The highest BCUT2D eigenvalue weighted by atomic mass is 35.5. The molecule has 4 aromatic rings. The number of hydrogen-bond donors (Lipinski definition) is 0. The van der Waals surface area contributed by atoms with Gasteiger partial charge in [-0.15, -0.1) is 0 Å². The lowest BCUT2D eigenvalue weighted by Gasteiger charge is -2.24. The van der Waals surface area contributed by atoms with E-state index in [1.165, 1.54) is 7.11 Å². The van der Waals surface area contributed by atoms with Crippen molar-refractivity contribution in [3.8, 4) is 5.75 Å². The fourth-order valence-corrected chi connectivity index (χ4v) is 4.99. The average Bonchev–Trinajstić information content (AvgIpc) is 3.23. The molecule has 7 heteroatoms. The molecule has 0 spiro atoms. The molecule has 0 atom stereocenters. The van der Waals surface area contributed by atoms with Crippen LogP contribution in [0.15, 0.2) is 66.9 Å². The largest absolute Gasteiger partial charge is 0.489 e. The summed E-state index contributed by atoms with van der Waals surface area (Å²) in [7, 11) is 1.33. The van der Waals surface area contributed by atoms with Gasteiger partial charge in [0.15, 0.2) is 5.78 Å². The first-order valence-corrected chi connectivity index (χ1v) is 13.9. The third-order valence-electron chi connectivity index (χ3n) is 7.16. The minimum absolute atomic E-state index is 0.117. The topological polar surface area (TPSA) is 74.1 Å². The zero-order chi connectivity index (χ0) is 30.1. The van der Waals surface area contributed by atoms with Gasteiger partial charge >= 0.3 is 5.97 Å². The Morgan fingerprint density at radius 3 is 2.22 bits per heavy atom. The average molecular weight is 574 g/mol. The third-order valence-corrected chi connectivity index (χ3v) is 7.58. The van der Waals surface area contributed by atoms with E-state index >= 15 is 0 Å². The van der Waals surface area contributed by atoms with Crippen LogP contribution in [0, 0.1) is 17.8 Å².